The average Bonchev–Trinajstić information content (AvgIpc) is 3.20. The fraction of sp³-hybridized carbons (Fsp3) is 0.533. The number of unbranched alkanes of at least 4 members (excludes halogenated alkanes) is 1. The van der Waals surface area contributed by atoms with E-state index in [1.807, 2.05) is 24.3 Å². The van der Waals surface area contributed by atoms with Crippen molar-refractivity contribution in [3.05, 3.63) is 29.8 Å². The number of amides is 1. The van der Waals surface area contributed by atoms with Crippen molar-refractivity contribution in [2.45, 2.75) is 38.0 Å². The highest BCUT2D eigenvalue weighted by atomic mass is 16.5. The van der Waals surface area contributed by atoms with Crippen LogP contribution in [0.3, 0.4) is 0 Å². The molecule has 1 aromatic carbocycles. The first-order valence-corrected chi connectivity index (χ1v) is 6.66. The Labute approximate surface area is 109 Å². The highest BCUT2D eigenvalue weighted by molar-refractivity contribution is 5.92. The van der Waals surface area contributed by atoms with Gasteiger partial charge in [-0.3, -0.25) is 4.79 Å². The van der Waals surface area contributed by atoms with E-state index in [9.17, 15) is 4.79 Å². The molecule has 0 saturated heterocycles. The second-order valence-corrected chi connectivity index (χ2v) is 4.89. The number of carbonyl (C=O) groups excluding carboxylic acids is 1. The van der Waals surface area contributed by atoms with Crippen molar-refractivity contribution in [3.8, 4) is 5.75 Å². The molecule has 2 rings (SSSR count). The molecule has 1 aromatic rings. The molecule has 1 N–H and O–H groups in total. The predicted octanol–water partition coefficient (Wildman–Crippen LogP) is 2.64. The largest absolute Gasteiger partial charge is 0.496 e. The quantitative estimate of drug-likeness (QED) is 0.785. The standard InChI is InChI=1S/C15H21NO2/c1-3-4-11-16-14(17)15(9-10-15)12-7-5-6-8-13(12)18-2/h5-8H,3-4,9-11H2,1-2H3,(H,16,17). The Morgan fingerprint density at radius 2 is 2.11 bits per heavy atom. The molecule has 1 fully saturated rings. The normalized spacial score (nSPS) is 16.1. The van der Waals surface area contributed by atoms with Gasteiger partial charge in [-0.1, -0.05) is 31.5 Å². The maximum absolute atomic E-state index is 12.3. The zero-order chi connectivity index (χ0) is 13.0. The summed E-state index contributed by atoms with van der Waals surface area (Å²) >= 11 is 0. The highest BCUT2D eigenvalue weighted by Crippen LogP contribution is 2.51. The number of hydrogen-bond acceptors (Lipinski definition) is 2. The lowest BCUT2D eigenvalue weighted by Gasteiger charge is -2.18. The van der Waals surface area contributed by atoms with Gasteiger partial charge >= 0.3 is 0 Å². The van der Waals surface area contributed by atoms with Crippen LogP contribution >= 0.6 is 0 Å². The van der Waals surface area contributed by atoms with Gasteiger partial charge in [0.2, 0.25) is 5.91 Å². The molecule has 1 aliphatic rings. The van der Waals surface area contributed by atoms with Crippen molar-refractivity contribution in [3.63, 3.8) is 0 Å². The van der Waals surface area contributed by atoms with E-state index >= 15 is 0 Å². The monoisotopic (exact) mass is 247 g/mol. The molecule has 0 heterocycles. The van der Waals surface area contributed by atoms with Gasteiger partial charge < -0.3 is 10.1 Å². The molecule has 18 heavy (non-hydrogen) atoms. The van der Waals surface area contributed by atoms with Gasteiger partial charge in [-0.05, 0) is 25.3 Å². The zero-order valence-electron chi connectivity index (χ0n) is 11.2. The van der Waals surface area contributed by atoms with Crippen LogP contribution in [0.25, 0.3) is 0 Å². The van der Waals surface area contributed by atoms with Crippen molar-refractivity contribution in [2.24, 2.45) is 0 Å². The van der Waals surface area contributed by atoms with Crippen molar-refractivity contribution < 1.29 is 9.53 Å². The molecular weight excluding hydrogens is 226 g/mol. The predicted molar refractivity (Wildman–Crippen MR) is 71.8 cm³/mol. The summed E-state index contributed by atoms with van der Waals surface area (Å²) in [4.78, 5) is 12.3. The number of methoxy groups -OCH3 is 1. The van der Waals surface area contributed by atoms with Gasteiger partial charge in [0.05, 0.1) is 12.5 Å². The van der Waals surface area contributed by atoms with Crippen LogP contribution in [0.4, 0.5) is 0 Å². The van der Waals surface area contributed by atoms with Crippen LogP contribution in [0.5, 0.6) is 5.75 Å². The van der Waals surface area contributed by atoms with Crippen LogP contribution in [0.15, 0.2) is 24.3 Å². The molecule has 1 amide bonds. The van der Waals surface area contributed by atoms with Gasteiger partial charge in [-0.15, -0.1) is 0 Å². The average molecular weight is 247 g/mol. The van der Waals surface area contributed by atoms with Gasteiger partial charge in [-0.2, -0.15) is 0 Å². The van der Waals surface area contributed by atoms with E-state index in [2.05, 4.69) is 12.2 Å². The maximum atomic E-state index is 12.3. The third-order valence-electron chi connectivity index (χ3n) is 3.62. The number of ether oxygens (including phenoxy) is 1. The molecule has 3 nitrogen and oxygen atoms in total. The van der Waals surface area contributed by atoms with Gasteiger partial charge in [0.25, 0.3) is 0 Å². The topological polar surface area (TPSA) is 38.3 Å². The molecule has 0 aliphatic heterocycles. The Morgan fingerprint density at radius 3 is 2.72 bits per heavy atom. The van der Waals surface area contributed by atoms with E-state index in [1.165, 1.54) is 0 Å². The number of rotatable bonds is 6. The van der Waals surface area contributed by atoms with Gasteiger partial charge in [0.15, 0.2) is 0 Å². The number of hydrogen-bond donors (Lipinski definition) is 1. The molecular formula is C15H21NO2. The summed E-state index contributed by atoms with van der Waals surface area (Å²) in [5.41, 5.74) is 0.696. The number of nitrogens with one attached hydrogen (secondary N) is 1. The lowest BCUT2D eigenvalue weighted by atomic mass is 9.94. The SMILES string of the molecule is CCCCNC(=O)C1(c2ccccc2OC)CC1. The summed E-state index contributed by atoms with van der Waals surface area (Å²) in [6, 6.07) is 7.84. The smallest absolute Gasteiger partial charge is 0.230 e. The first-order chi connectivity index (χ1) is 8.74. The van der Waals surface area contributed by atoms with Crippen LogP contribution in [0.1, 0.15) is 38.2 Å². The Kier molecular flexibility index (Phi) is 3.90. The first-order valence-electron chi connectivity index (χ1n) is 6.66. The fourth-order valence-electron chi connectivity index (χ4n) is 2.33. The minimum Gasteiger partial charge on any atom is -0.496 e. The summed E-state index contributed by atoms with van der Waals surface area (Å²) in [6.07, 6.45) is 3.98. The number of para-hydroxylation sites is 1. The lowest BCUT2D eigenvalue weighted by molar-refractivity contribution is -0.123. The maximum Gasteiger partial charge on any atom is 0.230 e. The summed E-state index contributed by atoms with van der Waals surface area (Å²) in [5.74, 6) is 0.973. The number of carbonyl (C=O) groups is 1. The summed E-state index contributed by atoms with van der Waals surface area (Å²) < 4.78 is 5.37. The van der Waals surface area contributed by atoms with E-state index in [-0.39, 0.29) is 11.3 Å². The second-order valence-electron chi connectivity index (χ2n) is 4.89. The fourth-order valence-corrected chi connectivity index (χ4v) is 2.33. The molecule has 3 heteroatoms. The molecule has 0 spiro atoms. The third kappa shape index (κ3) is 2.35. The van der Waals surface area contributed by atoms with Crippen LogP contribution in [0, 0.1) is 0 Å². The second kappa shape index (κ2) is 5.42. The molecule has 0 radical (unpaired) electrons. The van der Waals surface area contributed by atoms with Gasteiger partial charge in [0.1, 0.15) is 5.75 Å². The lowest BCUT2D eigenvalue weighted by Crippen LogP contribution is -2.35. The third-order valence-corrected chi connectivity index (χ3v) is 3.62. The molecule has 0 bridgehead atoms. The van der Waals surface area contributed by atoms with Crippen molar-refractivity contribution >= 4 is 5.91 Å². The van der Waals surface area contributed by atoms with Crippen molar-refractivity contribution in [1.82, 2.24) is 5.32 Å². The Morgan fingerprint density at radius 1 is 1.39 bits per heavy atom. The molecule has 1 aliphatic carbocycles. The van der Waals surface area contributed by atoms with Crippen LogP contribution in [-0.4, -0.2) is 19.6 Å². The van der Waals surface area contributed by atoms with E-state index in [0.29, 0.717) is 0 Å². The number of benzene rings is 1. The zero-order valence-corrected chi connectivity index (χ0v) is 11.2. The molecule has 1 saturated carbocycles. The Balaban J connectivity index is 2.13. The summed E-state index contributed by atoms with van der Waals surface area (Å²) in [5, 5.41) is 3.04. The van der Waals surface area contributed by atoms with Crippen molar-refractivity contribution in [2.75, 3.05) is 13.7 Å². The van der Waals surface area contributed by atoms with E-state index in [4.69, 9.17) is 4.74 Å². The minimum atomic E-state index is -0.333. The summed E-state index contributed by atoms with van der Waals surface area (Å²) in [7, 11) is 1.66. The van der Waals surface area contributed by atoms with E-state index < -0.39 is 0 Å². The molecule has 0 aromatic heterocycles. The van der Waals surface area contributed by atoms with Crippen molar-refractivity contribution in [1.29, 1.82) is 0 Å². The highest BCUT2D eigenvalue weighted by Gasteiger charge is 2.52. The molecule has 98 valence electrons. The van der Waals surface area contributed by atoms with Crippen LogP contribution in [-0.2, 0) is 10.2 Å². The molecule has 0 atom stereocenters. The van der Waals surface area contributed by atoms with E-state index in [1.54, 1.807) is 7.11 Å². The van der Waals surface area contributed by atoms with Gasteiger partial charge in [-0.25, -0.2) is 0 Å². The Hall–Kier alpha value is -1.51. The van der Waals surface area contributed by atoms with E-state index in [0.717, 1.165) is 43.5 Å². The minimum absolute atomic E-state index is 0.153. The Bertz CT molecular complexity index is 424. The first kappa shape index (κ1) is 12.9. The van der Waals surface area contributed by atoms with Gasteiger partial charge in [0, 0.05) is 12.1 Å². The van der Waals surface area contributed by atoms with Crippen LogP contribution < -0.4 is 10.1 Å². The molecule has 0 unspecified atom stereocenters. The van der Waals surface area contributed by atoms with Crippen LogP contribution in [0.2, 0.25) is 0 Å². The summed E-state index contributed by atoms with van der Waals surface area (Å²) in [6.45, 7) is 2.89.